The number of Topliss-reactive ketones (excluding diaryl/α,β-unsaturated/α-hetero) is 1. The van der Waals surface area contributed by atoms with Gasteiger partial charge in [0.25, 0.3) is 0 Å². The minimum Gasteiger partial charge on any atom is -0.481 e. The topological polar surface area (TPSA) is 172 Å². The average molecular weight is 919 g/mol. The quantitative estimate of drug-likeness (QED) is 0.110. The molecule has 0 aromatic heterocycles. The molecule has 0 amide bonds. The lowest BCUT2D eigenvalue weighted by atomic mass is 9.81. The first-order valence-electron chi connectivity index (χ1n) is 23.1. The van der Waals surface area contributed by atoms with Gasteiger partial charge in [0.15, 0.2) is 0 Å². The first-order valence-corrected chi connectivity index (χ1v) is 23.1. The lowest BCUT2D eigenvalue weighted by molar-refractivity contribution is -0.152. The largest absolute Gasteiger partial charge is 0.481 e. The standard InChI is InChI=1S/C51H82O14/c1-31-16-15-17-48(55)65-51(37(7)50(63-14)33(3)20-23-42(52)35(5)45(62-13)30-47(53)54)34(4)19-22-39(57-8)28-43(60-11)32(2)18-21-40(58-9)29-44(61-12)36(6)46-26-38(27-49(56)64-46)25-41(24-31)59-10/h15-19,21-22,27,32-37,39-41,43-46,50-51H,20,23-26,28-30H2,1-14H3,(H,53,54). The van der Waals surface area contributed by atoms with E-state index in [-0.39, 0.29) is 90.8 Å². The van der Waals surface area contributed by atoms with Crippen LogP contribution in [0.15, 0.2) is 59.8 Å². The van der Waals surface area contributed by atoms with Gasteiger partial charge in [-0.2, -0.15) is 0 Å². The van der Waals surface area contributed by atoms with Crippen molar-refractivity contribution in [2.45, 2.75) is 155 Å². The molecule has 2 aliphatic rings. The minimum atomic E-state index is -1.03. The van der Waals surface area contributed by atoms with E-state index in [0.29, 0.717) is 38.5 Å². The molecule has 0 aliphatic carbocycles. The molecule has 2 heterocycles. The van der Waals surface area contributed by atoms with Crippen molar-refractivity contribution >= 4 is 23.7 Å². The second kappa shape index (κ2) is 30.0. The first kappa shape index (κ1) is 57.6. The molecule has 1 N–H and O–H groups in total. The van der Waals surface area contributed by atoms with Crippen molar-refractivity contribution in [1.29, 1.82) is 0 Å². The smallest absolute Gasteiger partial charge is 0.331 e. The van der Waals surface area contributed by atoms with Crippen molar-refractivity contribution in [2.75, 3.05) is 49.8 Å². The molecule has 14 heteroatoms. The third-order valence-electron chi connectivity index (χ3n) is 13.4. The van der Waals surface area contributed by atoms with Crippen LogP contribution in [0.25, 0.3) is 0 Å². The number of hydrogen-bond acceptors (Lipinski definition) is 13. The molecule has 0 saturated carbocycles. The Morgan fingerprint density at radius 1 is 0.754 bits per heavy atom. The van der Waals surface area contributed by atoms with E-state index < -0.39 is 36.2 Å². The number of rotatable bonds is 17. The molecule has 2 rings (SSSR count). The molecule has 0 aromatic rings. The van der Waals surface area contributed by atoms with Crippen LogP contribution in [-0.2, 0) is 61.8 Å². The lowest BCUT2D eigenvalue weighted by Crippen LogP contribution is -2.41. The van der Waals surface area contributed by atoms with Gasteiger partial charge in [0.1, 0.15) is 18.0 Å². The molecule has 2 aliphatic heterocycles. The number of methoxy groups -OCH3 is 7. The highest BCUT2D eigenvalue weighted by Crippen LogP contribution is 2.33. The molecular weight excluding hydrogens is 837 g/mol. The Labute approximate surface area is 389 Å². The van der Waals surface area contributed by atoms with E-state index in [1.807, 2.05) is 58.9 Å². The van der Waals surface area contributed by atoms with Gasteiger partial charge < -0.3 is 47.7 Å². The molecule has 0 saturated heterocycles. The number of allylic oxidation sites excluding steroid dienone is 2. The van der Waals surface area contributed by atoms with Gasteiger partial charge in [-0.25, -0.2) is 9.59 Å². The van der Waals surface area contributed by atoms with Gasteiger partial charge in [0, 0.05) is 117 Å². The summed E-state index contributed by atoms with van der Waals surface area (Å²) < 4.78 is 53.3. The zero-order chi connectivity index (χ0) is 48.8. The molecular formula is C51H82O14. The van der Waals surface area contributed by atoms with E-state index in [1.54, 1.807) is 61.7 Å². The molecule has 14 nitrogen and oxygen atoms in total. The molecule has 2 bridgehead atoms. The van der Waals surface area contributed by atoms with Crippen LogP contribution in [0.4, 0.5) is 0 Å². The van der Waals surface area contributed by atoms with Crippen molar-refractivity contribution in [3.05, 3.63) is 59.8 Å². The Hall–Kier alpha value is -3.50. The summed E-state index contributed by atoms with van der Waals surface area (Å²) in [5.74, 6) is -3.49. The molecule has 15 unspecified atom stereocenters. The van der Waals surface area contributed by atoms with Crippen molar-refractivity contribution in [2.24, 2.45) is 35.5 Å². The van der Waals surface area contributed by atoms with E-state index in [9.17, 15) is 24.3 Å². The number of ketones is 1. The zero-order valence-electron chi connectivity index (χ0n) is 41.7. The zero-order valence-corrected chi connectivity index (χ0v) is 41.7. The number of ether oxygens (including phenoxy) is 9. The summed E-state index contributed by atoms with van der Waals surface area (Å²) in [4.78, 5) is 51.1. The Morgan fingerprint density at radius 2 is 1.37 bits per heavy atom. The predicted octanol–water partition coefficient (Wildman–Crippen LogP) is 8.07. The van der Waals surface area contributed by atoms with E-state index in [0.717, 1.165) is 11.1 Å². The van der Waals surface area contributed by atoms with Gasteiger partial charge in [-0.3, -0.25) is 9.59 Å². The Morgan fingerprint density at radius 3 is 1.92 bits per heavy atom. The number of hydrogen-bond donors (Lipinski definition) is 1. The van der Waals surface area contributed by atoms with Crippen LogP contribution in [0.2, 0.25) is 0 Å². The predicted molar refractivity (Wildman–Crippen MR) is 249 cm³/mol. The summed E-state index contributed by atoms with van der Waals surface area (Å²) in [7, 11) is 11.3. The highest BCUT2D eigenvalue weighted by atomic mass is 16.6. The fourth-order valence-electron chi connectivity index (χ4n) is 9.11. The number of carbonyl (C=O) groups excluding carboxylic acids is 3. The van der Waals surface area contributed by atoms with Gasteiger partial charge in [0.05, 0.1) is 49.1 Å². The molecule has 0 radical (unpaired) electrons. The van der Waals surface area contributed by atoms with Gasteiger partial charge in [0.2, 0.25) is 0 Å². The van der Waals surface area contributed by atoms with Crippen molar-refractivity contribution in [3.63, 3.8) is 0 Å². The summed E-state index contributed by atoms with van der Waals surface area (Å²) in [5.41, 5.74) is 1.91. The third kappa shape index (κ3) is 19.3. The summed E-state index contributed by atoms with van der Waals surface area (Å²) in [5, 5.41) is 9.30. The van der Waals surface area contributed by atoms with Crippen LogP contribution in [-0.4, -0.2) is 134 Å². The first-order chi connectivity index (χ1) is 30.9. The summed E-state index contributed by atoms with van der Waals surface area (Å²) in [6.07, 6.45) is 14.3. The van der Waals surface area contributed by atoms with Crippen LogP contribution >= 0.6 is 0 Å². The molecule has 15 atom stereocenters. The number of carbonyl (C=O) groups is 4. The van der Waals surface area contributed by atoms with Crippen LogP contribution in [0.3, 0.4) is 0 Å². The number of fused-ring (bicyclic) bond motifs is 2. The Bertz CT molecular complexity index is 1620. The fraction of sp³-hybridized carbons (Fsp3) is 0.725. The Kier molecular flexibility index (Phi) is 26.6. The average Bonchev–Trinajstić information content (AvgIpc) is 3.27. The van der Waals surface area contributed by atoms with Gasteiger partial charge in [-0.05, 0) is 32.1 Å². The lowest BCUT2D eigenvalue weighted by Gasteiger charge is -2.35. The van der Waals surface area contributed by atoms with Crippen LogP contribution in [0, 0.1) is 35.5 Å². The van der Waals surface area contributed by atoms with Gasteiger partial charge in [-0.15, -0.1) is 0 Å². The maximum atomic E-state index is 13.6. The normalized spacial score (nSPS) is 30.5. The minimum absolute atomic E-state index is 0.0200. The number of aliphatic carboxylic acids is 1. The van der Waals surface area contributed by atoms with Crippen LogP contribution in [0.5, 0.6) is 0 Å². The van der Waals surface area contributed by atoms with E-state index in [1.165, 1.54) is 13.2 Å². The molecule has 0 fully saturated rings. The van der Waals surface area contributed by atoms with Gasteiger partial charge in [-0.1, -0.05) is 89.1 Å². The van der Waals surface area contributed by atoms with E-state index in [2.05, 4.69) is 13.0 Å². The molecule has 65 heavy (non-hydrogen) atoms. The van der Waals surface area contributed by atoms with Crippen LogP contribution < -0.4 is 0 Å². The highest BCUT2D eigenvalue weighted by Gasteiger charge is 2.37. The highest BCUT2D eigenvalue weighted by molar-refractivity contribution is 5.84. The molecule has 370 valence electrons. The second-order valence-corrected chi connectivity index (χ2v) is 18.1. The summed E-state index contributed by atoms with van der Waals surface area (Å²) in [6.45, 7) is 13.8. The summed E-state index contributed by atoms with van der Waals surface area (Å²) in [6, 6.07) is 0. The SMILES string of the molecule is COC1C=CC(C)C(C(C)C(OC)C(C)CCC(=O)C(C)C(CC(=O)O)OC)OC(=O)C=CC=C(C)CC(OC)CC2=CC(=O)OC(C2)C(C)C(OC)CC(OC)C=CC(C)C(OC)C1. The van der Waals surface area contributed by atoms with Crippen molar-refractivity contribution in [1.82, 2.24) is 0 Å². The van der Waals surface area contributed by atoms with E-state index >= 15 is 0 Å². The second-order valence-electron chi connectivity index (χ2n) is 18.1. The number of carboxylic acid groups (broad SMARTS) is 1. The third-order valence-corrected chi connectivity index (χ3v) is 13.4. The monoisotopic (exact) mass is 919 g/mol. The molecule has 0 spiro atoms. The number of esters is 2. The number of cyclic esters (lactones) is 1. The van der Waals surface area contributed by atoms with Gasteiger partial charge >= 0.3 is 17.9 Å². The maximum absolute atomic E-state index is 13.6. The number of carboxylic acids is 1. The molecule has 0 aromatic carbocycles. The fourth-order valence-corrected chi connectivity index (χ4v) is 9.11. The summed E-state index contributed by atoms with van der Waals surface area (Å²) >= 11 is 0. The maximum Gasteiger partial charge on any atom is 0.331 e. The van der Waals surface area contributed by atoms with Crippen molar-refractivity contribution in [3.8, 4) is 0 Å². The van der Waals surface area contributed by atoms with Crippen LogP contribution in [0.1, 0.15) is 99.8 Å². The van der Waals surface area contributed by atoms with E-state index in [4.69, 9.17) is 42.6 Å². The Balaban J connectivity index is 2.52. The van der Waals surface area contributed by atoms with Crippen molar-refractivity contribution < 1.29 is 66.9 Å².